The van der Waals surface area contributed by atoms with Crippen LogP contribution in [0.2, 0.25) is 0 Å². The summed E-state index contributed by atoms with van der Waals surface area (Å²) >= 11 is 0. The van der Waals surface area contributed by atoms with Gasteiger partial charge in [0.1, 0.15) is 0 Å². The fourth-order valence-corrected chi connectivity index (χ4v) is 1.61. The SMILES string of the molecule is CNc1ccc([N+](=O)[O-])cc1CN(C)CCO. The Morgan fingerprint density at radius 3 is 2.76 bits per heavy atom. The second-order valence-electron chi connectivity index (χ2n) is 3.81. The van der Waals surface area contributed by atoms with Crippen molar-refractivity contribution in [3.8, 4) is 0 Å². The zero-order valence-corrected chi connectivity index (χ0v) is 10.0. The van der Waals surface area contributed by atoms with Crippen molar-refractivity contribution in [1.29, 1.82) is 0 Å². The standard InChI is InChI=1S/C11H17N3O3/c1-12-11-4-3-10(14(16)17)7-9(11)8-13(2)5-6-15/h3-4,7,12,15H,5-6,8H2,1-2H3. The van der Waals surface area contributed by atoms with Crippen LogP contribution < -0.4 is 5.32 Å². The van der Waals surface area contributed by atoms with E-state index < -0.39 is 4.92 Å². The van der Waals surface area contributed by atoms with Gasteiger partial charge in [-0.05, 0) is 18.7 Å². The van der Waals surface area contributed by atoms with Crippen LogP contribution in [-0.2, 0) is 6.54 Å². The van der Waals surface area contributed by atoms with Gasteiger partial charge in [-0.3, -0.25) is 15.0 Å². The molecule has 6 heteroatoms. The number of rotatable bonds is 6. The molecule has 0 saturated carbocycles. The minimum atomic E-state index is -0.408. The molecule has 1 rings (SSSR count). The molecule has 0 heterocycles. The molecule has 1 aromatic rings. The number of likely N-dealkylation sites (N-methyl/N-ethyl adjacent to an activating group) is 1. The summed E-state index contributed by atoms with van der Waals surface area (Å²) < 4.78 is 0. The topological polar surface area (TPSA) is 78.6 Å². The maximum Gasteiger partial charge on any atom is 0.269 e. The van der Waals surface area contributed by atoms with Crippen LogP contribution in [0.5, 0.6) is 0 Å². The number of nitro benzene ring substituents is 1. The van der Waals surface area contributed by atoms with Crippen molar-refractivity contribution < 1.29 is 10.0 Å². The first-order valence-electron chi connectivity index (χ1n) is 5.33. The van der Waals surface area contributed by atoms with Gasteiger partial charge in [-0.25, -0.2) is 0 Å². The van der Waals surface area contributed by atoms with Gasteiger partial charge in [0.15, 0.2) is 0 Å². The maximum absolute atomic E-state index is 10.7. The number of hydrogen-bond donors (Lipinski definition) is 2. The van der Waals surface area contributed by atoms with Crippen molar-refractivity contribution in [3.63, 3.8) is 0 Å². The molecule has 0 bridgehead atoms. The Morgan fingerprint density at radius 1 is 1.53 bits per heavy atom. The summed E-state index contributed by atoms with van der Waals surface area (Å²) in [6, 6.07) is 4.72. The molecule has 1 aromatic carbocycles. The highest BCUT2D eigenvalue weighted by Crippen LogP contribution is 2.22. The van der Waals surface area contributed by atoms with Gasteiger partial charge in [0.25, 0.3) is 5.69 Å². The highest BCUT2D eigenvalue weighted by Gasteiger charge is 2.11. The van der Waals surface area contributed by atoms with Gasteiger partial charge >= 0.3 is 0 Å². The minimum absolute atomic E-state index is 0.0698. The third-order valence-corrected chi connectivity index (χ3v) is 2.49. The Morgan fingerprint density at radius 2 is 2.24 bits per heavy atom. The van der Waals surface area contributed by atoms with Gasteiger partial charge < -0.3 is 10.4 Å². The lowest BCUT2D eigenvalue weighted by atomic mass is 10.1. The molecule has 0 radical (unpaired) electrons. The van der Waals surface area contributed by atoms with Crippen LogP contribution in [-0.4, -0.2) is 42.2 Å². The first kappa shape index (κ1) is 13.4. The normalized spacial score (nSPS) is 10.6. The summed E-state index contributed by atoms with van der Waals surface area (Å²) in [5, 5.41) is 22.5. The molecule has 6 nitrogen and oxygen atoms in total. The minimum Gasteiger partial charge on any atom is -0.395 e. The van der Waals surface area contributed by atoms with E-state index >= 15 is 0 Å². The molecular weight excluding hydrogens is 222 g/mol. The van der Waals surface area contributed by atoms with Gasteiger partial charge in [-0.2, -0.15) is 0 Å². The number of anilines is 1. The average molecular weight is 239 g/mol. The van der Waals surface area contributed by atoms with E-state index in [2.05, 4.69) is 5.32 Å². The van der Waals surface area contributed by atoms with Crippen molar-refractivity contribution in [3.05, 3.63) is 33.9 Å². The average Bonchev–Trinajstić information content (AvgIpc) is 2.29. The molecule has 0 aliphatic rings. The number of non-ortho nitro benzene ring substituents is 1. The Balaban J connectivity index is 2.93. The highest BCUT2D eigenvalue weighted by atomic mass is 16.6. The molecular formula is C11H17N3O3. The van der Waals surface area contributed by atoms with Gasteiger partial charge in [-0.1, -0.05) is 0 Å². The zero-order chi connectivity index (χ0) is 12.8. The highest BCUT2D eigenvalue weighted by molar-refractivity contribution is 5.55. The van der Waals surface area contributed by atoms with Crippen molar-refractivity contribution in [2.75, 3.05) is 32.6 Å². The number of nitrogens with one attached hydrogen (secondary N) is 1. The molecule has 94 valence electrons. The molecule has 0 aromatic heterocycles. The van der Waals surface area contributed by atoms with E-state index in [1.165, 1.54) is 6.07 Å². The first-order chi connectivity index (χ1) is 8.08. The molecule has 0 fully saturated rings. The van der Waals surface area contributed by atoms with Crippen LogP contribution in [0.15, 0.2) is 18.2 Å². The van der Waals surface area contributed by atoms with Crippen LogP contribution in [0.25, 0.3) is 0 Å². The van der Waals surface area contributed by atoms with E-state index in [4.69, 9.17) is 5.11 Å². The molecule has 0 amide bonds. The second-order valence-corrected chi connectivity index (χ2v) is 3.81. The van der Waals surface area contributed by atoms with Gasteiger partial charge in [0.05, 0.1) is 11.5 Å². The van der Waals surface area contributed by atoms with Crippen molar-refractivity contribution in [2.24, 2.45) is 0 Å². The van der Waals surface area contributed by atoms with Gasteiger partial charge in [0, 0.05) is 38.0 Å². The molecule has 0 aliphatic carbocycles. The number of nitro groups is 1. The van der Waals surface area contributed by atoms with Crippen molar-refractivity contribution in [2.45, 2.75) is 6.54 Å². The number of hydrogen-bond acceptors (Lipinski definition) is 5. The summed E-state index contributed by atoms with van der Waals surface area (Å²) in [7, 11) is 3.63. The van der Waals surface area contributed by atoms with Crippen molar-refractivity contribution >= 4 is 11.4 Å². The molecule has 0 aliphatic heterocycles. The summed E-state index contributed by atoms with van der Waals surface area (Å²) in [6.45, 7) is 1.16. The van der Waals surface area contributed by atoms with Crippen LogP contribution >= 0.6 is 0 Å². The molecule has 0 unspecified atom stereocenters. The van der Waals surface area contributed by atoms with Gasteiger partial charge in [-0.15, -0.1) is 0 Å². The van der Waals surface area contributed by atoms with Crippen LogP contribution in [0.3, 0.4) is 0 Å². The van der Waals surface area contributed by atoms with E-state index in [0.717, 1.165) is 11.3 Å². The van der Waals surface area contributed by atoms with Gasteiger partial charge in [0.2, 0.25) is 0 Å². The predicted octanol–water partition coefficient (Wildman–Crippen LogP) is 1.06. The Kier molecular flexibility index (Phi) is 4.86. The molecule has 2 N–H and O–H groups in total. The fourth-order valence-electron chi connectivity index (χ4n) is 1.61. The van der Waals surface area contributed by atoms with Crippen LogP contribution in [0.4, 0.5) is 11.4 Å². The van der Waals surface area contributed by atoms with E-state index in [0.29, 0.717) is 13.1 Å². The smallest absolute Gasteiger partial charge is 0.269 e. The Hall–Kier alpha value is -1.66. The number of nitrogens with zero attached hydrogens (tertiary/aromatic N) is 2. The lowest BCUT2D eigenvalue weighted by Crippen LogP contribution is -2.22. The lowest BCUT2D eigenvalue weighted by molar-refractivity contribution is -0.384. The quantitative estimate of drug-likeness (QED) is 0.573. The van der Waals surface area contributed by atoms with E-state index in [-0.39, 0.29) is 12.3 Å². The van der Waals surface area contributed by atoms with E-state index in [1.807, 2.05) is 11.9 Å². The van der Waals surface area contributed by atoms with E-state index in [1.54, 1.807) is 19.2 Å². The van der Waals surface area contributed by atoms with E-state index in [9.17, 15) is 10.1 Å². The molecule has 0 spiro atoms. The van der Waals surface area contributed by atoms with Crippen molar-refractivity contribution in [1.82, 2.24) is 4.90 Å². The van der Waals surface area contributed by atoms with Crippen LogP contribution in [0, 0.1) is 10.1 Å². The fraction of sp³-hybridized carbons (Fsp3) is 0.455. The summed E-state index contributed by atoms with van der Waals surface area (Å²) in [5.41, 5.74) is 1.79. The number of aliphatic hydroxyl groups is 1. The lowest BCUT2D eigenvalue weighted by Gasteiger charge is -2.17. The third-order valence-electron chi connectivity index (χ3n) is 2.49. The third kappa shape index (κ3) is 3.69. The second kappa shape index (κ2) is 6.17. The Bertz CT molecular complexity index is 396. The monoisotopic (exact) mass is 239 g/mol. The Labute approximate surface area is 100 Å². The van der Waals surface area contributed by atoms with Crippen LogP contribution in [0.1, 0.15) is 5.56 Å². The summed E-state index contributed by atoms with van der Waals surface area (Å²) in [4.78, 5) is 12.2. The zero-order valence-electron chi connectivity index (χ0n) is 10.0. The molecule has 17 heavy (non-hydrogen) atoms. The maximum atomic E-state index is 10.7. The number of benzene rings is 1. The first-order valence-corrected chi connectivity index (χ1v) is 5.33. The summed E-state index contributed by atoms with van der Waals surface area (Å²) in [5.74, 6) is 0. The number of aliphatic hydroxyl groups excluding tert-OH is 1. The molecule has 0 saturated heterocycles. The largest absolute Gasteiger partial charge is 0.395 e. The summed E-state index contributed by atoms with van der Waals surface area (Å²) in [6.07, 6.45) is 0. The molecule has 0 atom stereocenters. The predicted molar refractivity (Wildman–Crippen MR) is 66.1 cm³/mol.